The van der Waals surface area contributed by atoms with Crippen LogP contribution in [0.2, 0.25) is 0 Å². The molecule has 0 bridgehead atoms. The lowest BCUT2D eigenvalue weighted by atomic mass is 10.1. The molecule has 6 rings (SSSR count). The molecule has 0 saturated carbocycles. The van der Waals surface area contributed by atoms with Gasteiger partial charge in [0.05, 0.1) is 28.6 Å². The number of ether oxygens (including phenoxy) is 2. The van der Waals surface area contributed by atoms with Gasteiger partial charge in [0, 0.05) is 17.0 Å². The zero-order valence-electron chi connectivity index (χ0n) is 22.8. The predicted molar refractivity (Wildman–Crippen MR) is 159 cm³/mol. The van der Waals surface area contributed by atoms with Gasteiger partial charge >= 0.3 is 5.69 Å². The minimum Gasteiger partial charge on any atom is -0.490 e. The van der Waals surface area contributed by atoms with Crippen molar-refractivity contribution >= 4 is 33.8 Å². The zero-order valence-corrected chi connectivity index (χ0v) is 22.8. The average Bonchev–Trinajstić information content (AvgIpc) is 3.44. The molecule has 0 radical (unpaired) electrons. The fourth-order valence-electron chi connectivity index (χ4n) is 4.62. The zero-order chi connectivity index (χ0) is 29.9. The SMILES string of the molecule is CCOc1cc(C=Nn2c(-c3cc4ccccc4o3)nc3ccccc3c2=O)cc([N+](=O)[O-])c1OCc1cccc(F)c1. The summed E-state index contributed by atoms with van der Waals surface area (Å²) in [6.45, 7) is 1.80. The highest BCUT2D eigenvalue weighted by Gasteiger charge is 2.23. The van der Waals surface area contributed by atoms with Gasteiger partial charge in [0.2, 0.25) is 11.6 Å². The first-order valence-electron chi connectivity index (χ1n) is 13.3. The highest BCUT2D eigenvalue weighted by atomic mass is 19.1. The number of rotatable bonds is 9. The quantitative estimate of drug-likeness (QED) is 0.106. The summed E-state index contributed by atoms with van der Waals surface area (Å²) in [4.78, 5) is 29.7. The third-order valence-electron chi connectivity index (χ3n) is 6.55. The molecule has 6 aromatic rings. The molecule has 10 nitrogen and oxygen atoms in total. The Hall–Kier alpha value is -5.84. The lowest BCUT2D eigenvalue weighted by molar-refractivity contribution is -0.386. The van der Waals surface area contributed by atoms with E-state index in [0.717, 1.165) is 10.1 Å². The second kappa shape index (κ2) is 11.6. The molecule has 0 spiro atoms. The van der Waals surface area contributed by atoms with Gasteiger partial charge in [-0.2, -0.15) is 9.78 Å². The Morgan fingerprint density at radius 2 is 1.84 bits per heavy atom. The summed E-state index contributed by atoms with van der Waals surface area (Å²) < 4.78 is 32.2. The van der Waals surface area contributed by atoms with Crippen LogP contribution in [0, 0.1) is 15.9 Å². The summed E-state index contributed by atoms with van der Waals surface area (Å²) in [6.07, 6.45) is 1.30. The molecule has 214 valence electrons. The average molecular weight is 579 g/mol. The van der Waals surface area contributed by atoms with Gasteiger partial charge in [-0.15, -0.1) is 0 Å². The van der Waals surface area contributed by atoms with E-state index in [2.05, 4.69) is 10.1 Å². The van der Waals surface area contributed by atoms with E-state index in [4.69, 9.17) is 13.9 Å². The topological polar surface area (TPSA) is 122 Å². The highest BCUT2D eigenvalue weighted by Crippen LogP contribution is 2.39. The normalized spacial score (nSPS) is 11.4. The summed E-state index contributed by atoms with van der Waals surface area (Å²) in [7, 11) is 0. The Bertz CT molecular complexity index is 2050. The Morgan fingerprint density at radius 3 is 2.63 bits per heavy atom. The van der Waals surface area contributed by atoms with Crippen LogP contribution in [-0.4, -0.2) is 27.4 Å². The van der Waals surface area contributed by atoms with Gasteiger partial charge in [0.15, 0.2) is 11.5 Å². The number of halogens is 1. The molecule has 0 saturated heterocycles. The Kier molecular flexibility index (Phi) is 7.35. The van der Waals surface area contributed by atoms with E-state index in [9.17, 15) is 19.3 Å². The molecule has 0 amide bonds. The number of aromatic nitrogens is 2. The van der Waals surface area contributed by atoms with Crippen LogP contribution >= 0.6 is 0 Å². The molecule has 0 fully saturated rings. The van der Waals surface area contributed by atoms with Crippen LogP contribution in [0.3, 0.4) is 0 Å². The molecule has 2 heterocycles. The standard InChI is InChI=1S/C32H23FN4O6/c1-2-41-28-16-21(15-26(37(39)40)30(28)42-19-20-8-7-10-23(33)14-20)18-34-36-31(29-17-22-9-3-6-13-27(22)43-29)35-25-12-5-4-11-24(25)32(36)38/h3-18H,2,19H2,1H3. The molecule has 4 aromatic carbocycles. The maximum absolute atomic E-state index is 13.6. The fraction of sp³-hybridized carbons (Fsp3) is 0.0938. The van der Waals surface area contributed by atoms with Gasteiger partial charge in [0.25, 0.3) is 5.56 Å². The number of nitro benzene ring substituents is 1. The second-order valence-electron chi connectivity index (χ2n) is 9.44. The van der Waals surface area contributed by atoms with E-state index in [1.807, 2.05) is 18.2 Å². The monoisotopic (exact) mass is 578 g/mol. The molecule has 2 aromatic heterocycles. The maximum Gasteiger partial charge on any atom is 0.315 e. The molecule has 43 heavy (non-hydrogen) atoms. The van der Waals surface area contributed by atoms with Gasteiger partial charge in [0.1, 0.15) is 18.0 Å². The van der Waals surface area contributed by atoms with Crippen LogP contribution in [0.5, 0.6) is 11.5 Å². The molecule has 0 aliphatic heterocycles. The summed E-state index contributed by atoms with van der Waals surface area (Å²) in [5.74, 6) is 0.0125. The maximum atomic E-state index is 13.6. The second-order valence-corrected chi connectivity index (χ2v) is 9.44. The number of para-hydroxylation sites is 2. The first kappa shape index (κ1) is 27.3. The first-order chi connectivity index (χ1) is 20.9. The molecule has 0 N–H and O–H groups in total. The molecular formula is C32H23FN4O6. The van der Waals surface area contributed by atoms with Crippen molar-refractivity contribution < 1.29 is 23.2 Å². The van der Waals surface area contributed by atoms with E-state index in [1.165, 1.54) is 36.5 Å². The molecule has 0 aliphatic rings. The van der Waals surface area contributed by atoms with Crippen molar-refractivity contribution in [3.63, 3.8) is 0 Å². The van der Waals surface area contributed by atoms with E-state index in [0.29, 0.717) is 27.8 Å². The van der Waals surface area contributed by atoms with Crippen LogP contribution in [-0.2, 0) is 6.61 Å². The van der Waals surface area contributed by atoms with Crippen molar-refractivity contribution in [2.75, 3.05) is 6.61 Å². The number of furan rings is 1. The number of nitrogens with zero attached hydrogens (tertiary/aromatic N) is 4. The van der Waals surface area contributed by atoms with Crippen molar-refractivity contribution in [2.24, 2.45) is 5.10 Å². The van der Waals surface area contributed by atoms with Gasteiger partial charge in [-0.05, 0) is 55.0 Å². The van der Waals surface area contributed by atoms with E-state index >= 15 is 0 Å². The number of nitro groups is 1. The number of benzene rings is 4. The van der Waals surface area contributed by atoms with E-state index < -0.39 is 16.3 Å². The number of hydrogen-bond acceptors (Lipinski definition) is 8. The number of fused-ring (bicyclic) bond motifs is 2. The predicted octanol–water partition coefficient (Wildman–Crippen LogP) is 6.72. The largest absolute Gasteiger partial charge is 0.490 e. The van der Waals surface area contributed by atoms with Gasteiger partial charge < -0.3 is 13.9 Å². The lowest BCUT2D eigenvalue weighted by Crippen LogP contribution is -2.20. The summed E-state index contributed by atoms with van der Waals surface area (Å²) in [6, 6.07) is 24.5. The minimum absolute atomic E-state index is 0.0936. The molecule has 0 aliphatic carbocycles. The third-order valence-corrected chi connectivity index (χ3v) is 6.55. The van der Waals surface area contributed by atoms with Crippen molar-refractivity contribution in [3.8, 4) is 23.1 Å². The number of hydrogen-bond donors (Lipinski definition) is 0. The first-order valence-corrected chi connectivity index (χ1v) is 13.3. The highest BCUT2D eigenvalue weighted by molar-refractivity contribution is 5.86. The van der Waals surface area contributed by atoms with Crippen LogP contribution in [0.1, 0.15) is 18.1 Å². The summed E-state index contributed by atoms with van der Waals surface area (Å²) in [5.41, 5.74) is 0.995. The van der Waals surface area contributed by atoms with Crippen LogP contribution < -0.4 is 15.0 Å². The molecule has 11 heteroatoms. The van der Waals surface area contributed by atoms with Gasteiger partial charge in [-0.25, -0.2) is 9.37 Å². The Labute approximate surface area is 243 Å². The van der Waals surface area contributed by atoms with Crippen LogP contribution in [0.4, 0.5) is 10.1 Å². The molecule has 0 unspecified atom stereocenters. The smallest absolute Gasteiger partial charge is 0.315 e. The van der Waals surface area contributed by atoms with Crippen LogP contribution in [0.15, 0.2) is 105 Å². The Morgan fingerprint density at radius 1 is 1.02 bits per heavy atom. The van der Waals surface area contributed by atoms with E-state index in [-0.39, 0.29) is 41.8 Å². The summed E-state index contributed by atoms with van der Waals surface area (Å²) in [5, 5.41) is 17.6. The Balaban J connectivity index is 1.44. The van der Waals surface area contributed by atoms with E-state index in [1.54, 1.807) is 49.4 Å². The summed E-state index contributed by atoms with van der Waals surface area (Å²) >= 11 is 0. The van der Waals surface area contributed by atoms with Crippen molar-refractivity contribution in [1.82, 2.24) is 9.66 Å². The lowest BCUT2D eigenvalue weighted by Gasteiger charge is -2.13. The molecule has 0 atom stereocenters. The van der Waals surface area contributed by atoms with Crippen molar-refractivity contribution in [3.05, 3.63) is 128 Å². The third kappa shape index (κ3) is 5.55. The van der Waals surface area contributed by atoms with Crippen molar-refractivity contribution in [2.45, 2.75) is 13.5 Å². The van der Waals surface area contributed by atoms with Gasteiger partial charge in [-0.1, -0.05) is 42.5 Å². The van der Waals surface area contributed by atoms with Gasteiger partial charge in [-0.3, -0.25) is 14.9 Å². The van der Waals surface area contributed by atoms with Crippen molar-refractivity contribution in [1.29, 1.82) is 0 Å². The minimum atomic E-state index is -0.607. The van der Waals surface area contributed by atoms with Crippen LogP contribution in [0.25, 0.3) is 33.5 Å². The fourth-order valence-corrected chi connectivity index (χ4v) is 4.62. The molecular weight excluding hydrogens is 555 g/mol.